The first-order valence-electron chi connectivity index (χ1n) is 7.61. The van der Waals surface area contributed by atoms with E-state index in [2.05, 4.69) is 26.1 Å². The van der Waals surface area contributed by atoms with Gasteiger partial charge in [-0.3, -0.25) is 0 Å². The molecule has 0 aromatic heterocycles. The Morgan fingerprint density at radius 1 is 1.18 bits per heavy atom. The van der Waals surface area contributed by atoms with Crippen molar-refractivity contribution in [3.63, 3.8) is 0 Å². The van der Waals surface area contributed by atoms with E-state index < -0.39 is 0 Å². The molecule has 0 amide bonds. The summed E-state index contributed by atoms with van der Waals surface area (Å²) in [7, 11) is 0. The molecule has 0 atom stereocenters. The Balaban J connectivity index is 2.42. The molecular weight excluding hydrogens is 210 g/mol. The summed E-state index contributed by atoms with van der Waals surface area (Å²) < 4.78 is 6.24. The van der Waals surface area contributed by atoms with Gasteiger partial charge in [-0.2, -0.15) is 0 Å². The molecule has 2 heteroatoms. The van der Waals surface area contributed by atoms with Crippen LogP contribution in [0.4, 0.5) is 0 Å². The Morgan fingerprint density at radius 3 is 2.41 bits per heavy atom. The summed E-state index contributed by atoms with van der Waals surface area (Å²) in [5, 5.41) is 3.49. The maximum atomic E-state index is 6.24. The van der Waals surface area contributed by atoms with E-state index in [1.165, 1.54) is 44.9 Å². The first-order chi connectivity index (χ1) is 8.26. The molecule has 0 heterocycles. The molecule has 1 rings (SSSR count). The zero-order chi connectivity index (χ0) is 12.6. The number of hydrogen-bond acceptors (Lipinski definition) is 2. The topological polar surface area (TPSA) is 21.3 Å². The molecule has 1 aliphatic carbocycles. The molecule has 0 aliphatic heterocycles. The summed E-state index contributed by atoms with van der Waals surface area (Å²) in [6, 6.07) is 0. The summed E-state index contributed by atoms with van der Waals surface area (Å²) in [6.45, 7) is 9.77. The van der Waals surface area contributed by atoms with Crippen LogP contribution in [0.2, 0.25) is 0 Å². The average molecular weight is 241 g/mol. The molecule has 1 saturated carbocycles. The molecular formula is C15H31NO. The zero-order valence-corrected chi connectivity index (χ0v) is 12.1. The van der Waals surface area contributed by atoms with Gasteiger partial charge in [0.25, 0.3) is 0 Å². The molecule has 2 nitrogen and oxygen atoms in total. The maximum absolute atomic E-state index is 6.24. The van der Waals surface area contributed by atoms with Crippen molar-refractivity contribution >= 4 is 0 Å². The zero-order valence-electron chi connectivity index (χ0n) is 12.1. The summed E-state index contributed by atoms with van der Waals surface area (Å²) in [4.78, 5) is 0. The second kappa shape index (κ2) is 8.10. The SMILES string of the molecule is CCCCOC1(CNCC)CCC(CC)CC1. The van der Waals surface area contributed by atoms with E-state index in [0.29, 0.717) is 0 Å². The van der Waals surface area contributed by atoms with Crippen LogP contribution in [0, 0.1) is 5.92 Å². The average Bonchev–Trinajstić information content (AvgIpc) is 2.38. The van der Waals surface area contributed by atoms with Crippen molar-refractivity contribution in [3.8, 4) is 0 Å². The maximum Gasteiger partial charge on any atom is 0.0806 e. The molecule has 1 N–H and O–H groups in total. The van der Waals surface area contributed by atoms with Crippen molar-refractivity contribution in [1.82, 2.24) is 5.32 Å². The minimum Gasteiger partial charge on any atom is -0.374 e. The van der Waals surface area contributed by atoms with E-state index in [0.717, 1.165) is 25.6 Å². The fourth-order valence-electron chi connectivity index (χ4n) is 2.77. The van der Waals surface area contributed by atoms with Crippen LogP contribution in [0.1, 0.15) is 65.7 Å². The highest BCUT2D eigenvalue weighted by atomic mass is 16.5. The van der Waals surface area contributed by atoms with Crippen LogP contribution in [0.3, 0.4) is 0 Å². The molecule has 0 bridgehead atoms. The molecule has 17 heavy (non-hydrogen) atoms. The molecule has 102 valence electrons. The van der Waals surface area contributed by atoms with Crippen molar-refractivity contribution in [2.45, 2.75) is 71.3 Å². The standard InChI is InChI=1S/C15H31NO/c1-4-7-12-17-15(13-16-6-3)10-8-14(5-2)9-11-15/h14,16H,4-13H2,1-3H3. The van der Waals surface area contributed by atoms with Gasteiger partial charge >= 0.3 is 0 Å². The number of hydrogen-bond donors (Lipinski definition) is 1. The molecule has 0 aromatic rings. The number of rotatable bonds is 8. The van der Waals surface area contributed by atoms with Crippen LogP contribution < -0.4 is 5.32 Å². The molecule has 0 radical (unpaired) electrons. The highest BCUT2D eigenvalue weighted by molar-refractivity contribution is 4.89. The number of unbranched alkanes of at least 4 members (excludes halogenated alkanes) is 1. The van der Waals surface area contributed by atoms with E-state index >= 15 is 0 Å². The van der Waals surface area contributed by atoms with Crippen LogP contribution in [0.25, 0.3) is 0 Å². The van der Waals surface area contributed by atoms with Gasteiger partial charge in [0.1, 0.15) is 0 Å². The second-order valence-electron chi connectivity index (χ2n) is 5.52. The van der Waals surface area contributed by atoms with Crippen LogP contribution in [-0.2, 0) is 4.74 Å². The van der Waals surface area contributed by atoms with Gasteiger partial charge in [-0.05, 0) is 44.6 Å². The van der Waals surface area contributed by atoms with Crippen molar-refractivity contribution in [1.29, 1.82) is 0 Å². The van der Waals surface area contributed by atoms with Crippen LogP contribution in [0.5, 0.6) is 0 Å². The number of likely N-dealkylation sites (N-methyl/N-ethyl adjacent to an activating group) is 1. The lowest BCUT2D eigenvalue weighted by Crippen LogP contribution is -2.46. The second-order valence-corrected chi connectivity index (χ2v) is 5.52. The van der Waals surface area contributed by atoms with Crippen LogP contribution >= 0.6 is 0 Å². The first-order valence-corrected chi connectivity index (χ1v) is 7.61. The van der Waals surface area contributed by atoms with Gasteiger partial charge < -0.3 is 10.1 Å². The fourth-order valence-corrected chi connectivity index (χ4v) is 2.77. The van der Waals surface area contributed by atoms with Crippen molar-refractivity contribution < 1.29 is 4.74 Å². The lowest BCUT2D eigenvalue weighted by molar-refractivity contribution is -0.0771. The summed E-state index contributed by atoms with van der Waals surface area (Å²) >= 11 is 0. The predicted molar refractivity (Wildman–Crippen MR) is 74.4 cm³/mol. The fraction of sp³-hybridized carbons (Fsp3) is 1.00. The minimum atomic E-state index is 0.150. The molecule has 0 spiro atoms. The summed E-state index contributed by atoms with van der Waals surface area (Å²) in [6.07, 6.45) is 8.98. The van der Waals surface area contributed by atoms with E-state index in [1.807, 2.05) is 0 Å². The van der Waals surface area contributed by atoms with Gasteiger partial charge in [-0.15, -0.1) is 0 Å². The third-order valence-electron chi connectivity index (χ3n) is 4.20. The molecule has 0 unspecified atom stereocenters. The highest BCUT2D eigenvalue weighted by Crippen LogP contribution is 2.36. The Hall–Kier alpha value is -0.0800. The predicted octanol–water partition coefficient (Wildman–Crippen LogP) is 3.75. The summed E-state index contributed by atoms with van der Waals surface area (Å²) in [5.41, 5.74) is 0.150. The van der Waals surface area contributed by atoms with Crippen molar-refractivity contribution in [2.75, 3.05) is 19.7 Å². The smallest absolute Gasteiger partial charge is 0.0806 e. The van der Waals surface area contributed by atoms with Crippen LogP contribution in [-0.4, -0.2) is 25.3 Å². The largest absolute Gasteiger partial charge is 0.374 e. The van der Waals surface area contributed by atoms with Gasteiger partial charge in [-0.1, -0.05) is 33.6 Å². The van der Waals surface area contributed by atoms with Gasteiger partial charge in [0.2, 0.25) is 0 Å². The minimum absolute atomic E-state index is 0.150. The van der Waals surface area contributed by atoms with E-state index in [9.17, 15) is 0 Å². The Bertz CT molecular complexity index is 180. The van der Waals surface area contributed by atoms with E-state index in [-0.39, 0.29) is 5.60 Å². The molecule has 1 aliphatic rings. The number of ether oxygens (including phenoxy) is 1. The summed E-state index contributed by atoms with van der Waals surface area (Å²) in [5.74, 6) is 0.944. The van der Waals surface area contributed by atoms with Crippen LogP contribution in [0.15, 0.2) is 0 Å². The van der Waals surface area contributed by atoms with Crippen molar-refractivity contribution in [3.05, 3.63) is 0 Å². The Morgan fingerprint density at radius 2 is 1.88 bits per heavy atom. The molecule has 0 aromatic carbocycles. The monoisotopic (exact) mass is 241 g/mol. The quantitative estimate of drug-likeness (QED) is 0.653. The lowest BCUT2D eigenvalue weighted by atomic mass is 9.77. The van der Waals surface area contributed by atoms with Gasteiger partial charge in [0, 0.05) is 13.2 Å². The Labute approximate surface area is 108 Å². The third kappa shape index (κ3) is 4.97. The van der Waals surface area contributed by atoms with Crippen molar-refractivity contribution in [2.24, 2.45) is 5.92 Å². The Kier molecular flexibility index (Phi) is 7.14. The van der Waals surface area contributed by atoms with E-state index in [1.54, 1.807) is 0 Å². The molecule has 0 saturated heterocycles. The number of nitrogens with one attached hydrogen (secondary N) is 1. The molecule has 1 fully saturated rings. The normalized spacial score (nSPS) is 29.5. The van der Waals surface area contributed by atoms with Gasteiger partial charge in [-0.25, -0.2) is 0 Å². The van der Waals surface area contributed by atoms with Gasteiger partial charge in [0.15, 0.2) is 0 Å². The highest BCUT2D eigenvalue weighted by Gasteiger charge is 2.35. The van der Waals surface area contributed by atoms with Gasteiger partial charge in [0.05, 0.1) is 5.60 Å². The lowest BCUT2D eigenvalue weighted by Gasteiger charge is -2.40. The van der Waals surface area contributed by atoms with E-state index in [4.69, 9.17) is 4.74 Å². The first kappa shape index (κ1) is 15.0. The third-order valence-corrected chi connectivity index (χ3v) is 4.20.